The third kappa shape index (κ3) is 4.61. The van der Waals surface area contributed by atoms with E-state index in [1.165, 1.54) is 11.8 Å². The van der Waals surface area contributed by atoms with E-state index in [0.29, 0.717) is 29.4 Å². The van der Waals surface area contributed by atoms with Crippen molar-refractivity contribution in [1.29, 1.82) is 0 Å². The molecule has 0 aliphatic rings. The highest BCUT2D eigenvalue weighted by molar-refractivity contribution is 7.98. The van der Waals surface area contributed by atoms with Crippen molar-refractivity contribution in [2.75, 3.05) is 30.9 Å². The van der Waals surface area contributed by atoms with E-state index >= 15 is 0 Å². The monoisotopic (exact) mass is 298 g/mol. The zero-order valence-corrected chi connectivity index (χ0v) is 12.9. The summed E-state index contributed by atoms with van der Waals surface area (Å²) in [5, 5.41) is 12.8. The number of hydrogen-bond acceptors (Lipinski definition) is 5. The van der Waals surface area contributed by atoms with Crippen LogP contribution in [0.15, 0.2) is 18.2 Å². The molecular weight excluding hydrogens is 276 g/mol. The normalized spacial score (nSPS) is 13.6. The molecule has 0 saturated heterocycles. The number of carbonyl (C=O) groups excluding carboxylic acids is 1. The summed E-state index contributed by atoms with van der Waals surface area (Å²) >= 11 is 1.52. The van der Waals surface area contributed by atoms with Crippen molar-refractivity contribution < 1.29 is 14.6 Å². The van der Waals surface area contributed by atoms with Crippen molar-refractivity contribution in [1.82, 2.24) is 5.32 Å². The molecule has 1 aromatic carbocycles. The second-order valence-electron chi connectivity index (χ2n) is 4.77. The smallest absolute Gasteiger partial charge is 0.257 e. The summed E-state index contributed by atoms with van der Waals surface area (Å²) < 4.78 is 5.41. The standard InChI is InChI=1S/C14H22N2O3S/c1-4-19-11-7-5-6-10(15)12(11)13(17)16-8-14(2,18)9-20-3/h5-7,18H,4,8-9,15H2,1-3H3,(H,16,17). The van der Waals surface area contributed by atoms with Crippen LogP contribution in [0.3, 0.4) is 0 Å². The number of hydrogen-bond donors (Lipinski definition) is 3. The number of nitrogen functional groups attached to an aromatic ring is 1. The van der Waals surface area contributed by atoms with Gasteiger partial charge in [-0.1, -0.05) is 6.07 Å². The Kier molecular flexibility index (Phi) is 6.16. The minimum atomic E-state index is -0.954. The molecular formula is C14H22N2O3S. The van der Waals surface area contributed by atoms with Gasteiger partial charge in [0, 0.05) is 18.0 Å². The van der Waals surface area contributed by atoms with Crippen molar-refractivity contribution in [3.05, 3.63) is 23.8 Å². The predicted molar refractivity (Wildman–Crippen MR) is 83.4 cm³/mol. The Morgan fingerprint density at radius 3 is 2.85 bits per heavy atom. The minimum absolute atomic E-state index is 0.159. The molecule has 0 aliphatic heterocycles. The van der Waals surface area contributed by atoms with Crippen molar-refractivity contribution in [3.63, 3.8) is 0 Å². The van der Waals surface area contributed by atoms with Crippen LogP contribution in [0.25, 0.3) is 0 Å². The van der Waals surface area contributed by atoms with Gasteiger partial charge in [0.25, 0.3) is 5.91 Å². The number of ether oxygens (including phenoxy) is 1. The number of carbonyl (C=O) groups is 1. The van der Waals surface area contributed by atoms with E-state index in [0.717, 1.165) is 0 Å². The summed E-state index contributed by atoms with van der Waals surface area (Å²) in [6.45, 7) is 4.14. The summed E-state index contributed by atoms with van der Waals surface area (Å²) in [4.78, 5) is 12.2. The zero-order chi connectivity index (χ0) is 15.2. The van der Waals surface area contributed by atoms with E-state index in [2.05, 4.69) is 5.32 Å². The van der Waals surface area contributed by atoms with Crippen molar-refractivity contribution in [2.24, 2.45) is 0 Å². The molecule has 0 bridgehead atoms. The van der Waals surface area contributed by atoms with Gasteiger partial charge in [-0.05, 0) is 32.2 Å². The lowest BCUT2D eigenvalue weighted by Crippen LogP contribution is -2.42. The number of amides is 1. The predicted octanol–water partition coefficient (Wildman–Crippen LogP) is 1.51. The summed E-state index contributed by atoms with van der Waals surface area (Å²) in [5.74, 6) is 0.651. The number of nitrogens with two attached hydrogens (primary N) is 1. The highest BCUT2D eigenvalue weighted by Crippen LogP contribution is 2.24. The first-order chi connectivity index (χ1) is 9.41. The average Bonchev–Trinajstić information content (AvgIpc) is 2.37. The van der Waals surface area contributed by atoms with Crippen LogP contribution in [0.1, 0.15) is 24.2 Å². The molecule has 112 valence electrons. The molecule has 5 nitrogen and oxygen atoms in total. The number of benzene rings is 1. The SMILES string of the molecule is CCOc1cccc(N)c1C(=O)NCC(C)(O)CSC. The summed E-state index contributed by atoms with van der Waals surface area (Å²) in [7, 11) is 0. The Labute approximate surface area is 123 Å². The lowest BCUT2D eigenvalue weighted by Gasteiger charge is -2.23. The maximum Gasteiger partial charge on any atom is 0.257 e. The van der Waals surface area contributed by atoms with Gasteiger partial charge in [-0.15, -0.1) is 0 Å². The molecule has 1 amide bonds. The van der Waals surface area contributed by atoms with E-state index in [9.17, 15) is 9.90 Å². The Morgan fingerprint density at radius 2 is 2.25 bits per heavy atom. The molecule has 1 aromatic rings. The van der Waals surface area contributed by atoms with Gasteiger partial charge in [0.05, 0.1) is 12.2 Å². The minimum Gasteiger partial charge on any atom is -0.493 e. The Hall–Kier alpha value is -1.40. The average molecular weight is 298 g/mol. The van der Waals surface area contributed by atoms with Crippen LogP contribution < -0.4 is 15.8 Å². The Morgan fingerprint density at radius 1 is 1.55 bits per heavy atom. The van der Waals surface area contributed by atoms with Gasteiger partial charge in [0.1, 0.15) is 11.3 Å². The van der Waals surface area contributed by atoms with Crippen LogP contribution in [0.4, 0.5) is 5.69 Å². The molecule has 20 heavy (non-hydrogen) atoms. The Balaban J connectivity index is 2.82. The summed E-state index contributed by atoms with van der Waals surface area (Å²) in [5.41, 5.74) is 5.56. The van der Waals surface area contributed by atoms with Gasteiger partial charge in [-0.2, -0.15) is 11.8 Å². The molecule has 1 unspecified atom stereocenters. The van der Waals surface area contributed by atoms with Crippen LogP contribution in [-0.4, -0.2) is 41.8 Å². The van der Waals surface area contributed by atoms with Gasteiger partial charge in [-0.3, -0.25) is 4.79 Å². The quantitative estimate of drug-likeness (QED) is 0.665. The number of nitrogens with one attached hydrogen (secondary N) is 1. The molecule has 0 fully saturated rings. The second-order valence-corrected chi connectivity index (χ2v) is 5.63. The van der Waals surface area contributed by atoms with Crippen LogP contribution in [0, 0.1) is 0 Å². The fraction of sp³-hybridized carbons (Fsp3) is 0.500. The number of rotatable bonds is 7. The molecule has 4 N–H and O–H groups in total. The van der Waals surface area contributed by atoms with Crippen molar-refractivity contribution in [2.45, 2.75) is 19.4 Å². The lowest BCUT2D eigenvalue weighted by atomic mass is 10.1. The molecule has 0 radical (unpaired) electrons. The summed E-state index contributed by atoms with van der Waals surface area (Å²) in [6.07, 6.45) is 1.90. The maximum absolute atomic E-state index is 12.2. The van der Waals surface area contributed by atoms with E-state index in [4.69, 9.17) is 10.5 Å². The number of aliphatic hydroxyl groups is 1. The van der Waals surface area contributed by atoms with Crippen LogP contribution in [-0.2, 0) is 0 Å². The third-order valence-corrected chi connectivity index (χ3v) is 3.58. The number of thioether (sulfide) groups is 1. The first kappa shape index (κ1) is 16.7. The summed E-state index contributed by atoms with van der Waals surface area (Å²) in [6, 6.07) is 5.09. The first-order valence-electron chi connectivity index (χ1n) is 6.42. The van der Waals surface area contributed by atoms with Crippen molar-refractivity contribution in [3.8, 4) is 5.75 Å². The molecule has 6 heteroatoms. The fourth-order valence-corrected chi connectivity index (χ4v) is 2.51. The van der Waals surface area contributed by atoms with Crippen LogP contribution in [0.5, 0.6) is 5.75 Å². The van der Waals surface area contributed by atoms with Gasteiger partial charge < -0.3 is 20.9 Å². The molecule has 1 atom stereocenters. The van der Waals surface area contributed by atoms with E-state index in [1.807, 2.05) is 13.2 Å². The maximum atomic E-state index is 12.2. The number of anilines is 1. The van der Waals surface area contributed by atoms with Crippen molar-refractivity contribution >= 4 is 23.4 Å². The van der Waals surface area contributed by atoms with Gasteiger partial charge >= 0.3 is 0 Å². The lowest BCUT2D eigenvalue weighted by molar-refractivity contribution is 0.0723. The van der Waals surface area contributed by atoms with E-state index < -0.39 is 5.60 Å². The van der Waals surface area contributed by atoms with Gasteiger partial charge in [0.2, 0.25) is 0 Å². The highest BCUT2D eigenvalue weighted by atomic mass is 32.2. The molecule has 1 rings (SSSR count). The van der Waals surface area contributed by atoms with E-state index in [1.54, 1.807) is 25.1 Å². The largest absolute Gasteiger partial charge is 0.493 e. The molecule has 0 aliphatic carbocycles. The fourth-order valence-electron chi connectivity index (χ4n) is 1.79. The third-order valence-electron chi connectivity index (χ3n) is 2.67. The topological polar surface area (TPSA) is 84.6 Å². The van der Waals surface area contributed by atoms with Gasteiger partial charge in [0.15, 0.2) is 0 Å². The van der Waals surface area contributed by atoms with Crippen LogP contribution in [0.2, 0.25) is 0 Å². The van der Waals surface area contributed by atoms with Crippen LogP contribution >= 0.6 is 11.8 Å². The second kappa shape index (κ2) is 7.40. The first-order valence-corrected chi connectivity index (χ1v) is 7.81. The van der Waals surface area contributed by atoms with E-state index in [-0.39, 0.29) is 12.5 Å². The Bertz CT molecular complexity index is 464. The zero-order valence-electron chi connectivity index (χ0n) is 12.1. The molecule has 0 aromatic heterocycles. The molecule has 0 spiro atoms. The van der Waals surface area contributed by atoms with Gasteiger partial charge in [-0.25, -0.2) is 0 Å². The molecule has 0 heterocycles. The molecule has 0 saturated carbocycles. The highest BCUT2D eigenvalue weighted by Gasteiger charge is 2.23.